The number of aliphatic hydroxyl groups excluding tert-OH is 2. The first-order valence-corrected chi connectivity index (χ1v) is 9.86. The largest absolute Gasteiger partial charge is 0.390 e. The Morgan fingerprint density at radius 1 is 1.48 bits per heavy atom. The number of imidazole rings is 1. The van der Waals surface area contributed by atoms with Gasteiger partial charge in [-0.25, -0.2) is 13.8 Å². The van der Waals surface area contributed by atoms with Crippen LogP contribution in [0.25, 0.3) is 11.2 Å². The van der Waals surface area contributed by atoms with Crippen molar-refractivity contribution in [1.82, 2.24) is 19.1 Å². The van der Waals surface area contributed by atoms with E-state index in [1.165, 1.54) is 16.3 Å². The van der Waals surface area contributed by atoms with Crippen LogP contribution in [-0.2, 0) is 11.3 Å². The summed E-state index contributed by atoms with van der Waals surface area (Å²) in [5, 5.41) is 20.2. The standard InChI is InChI=1S/C15H22FN5O5S/c1-3-6(22)10-7(16)9(23)13(26-10)21-11-8(12(24)19-14(17)18-11)20(15(21)25)4-5-27-2/h6-7,9-10,13,22-23H,3-5H2,1-2H3,(H3,17,18,19,24)/t6?,7-,9-,10-,13-/m1/s1. The molecule has 1 fully saturated rings. The number of nitrogens with one attached hydrogen (secondary N) is 1. The number of thioether (sulfide) groups is 1. The molecule has 5 N–H and O–H groups in total. The number of hydrogen-bond acceptors (Lipinski definition) is 8. The molecule has 0 aromatic carbocycles. The number of hydrogen-bond donors (Lipinski definition) is 4. The number of aliphatic hydroxyl groups is 2. The number of nitrogens with zero attached hydrogens (tertiary/aromatic N) is 3. The van der Waals surface area contributed by atoms with E-state index in [0.29, 0.717) is 5.75 Å². The highest BCUT2D eigenvalue weighted by molar-refractivity contribution is 7.98. The average Bonchev–Trinajstić information content (AvgIpc) is 3.07. The summed E-state index contributed by atoms with van der Waals surface area (Å²) in [7, 11) is 0. The van der Waals surface area contributed by atoms with Crippen molar-refractivity contribution < 1.29 is 19.3 Å². The van der Waals surface area contributed by atoms with E-state index in [0.717, 1.165) is 4.57 Å². The van der Waals surface area contributed by atoms with Crippen LogP contribution in [0.4, 0.5) is 10.3 Å². The van der Waals surface area contributed by atoms with Gasteiger partial charge in [0.1, 0.15) is 12.2 Å². The summed E-state index contributed by atoms with van der Waals surface area (Å²) >= 11 is 1.47. The zero-order chi connectivity index (χ0) is 19.9. The van der Waals surface area contributed by atoms with Crippen molar-refractivity contribution >= 4 is 28.9 Å². The molecule has 27 heavy (non-hydrogen) atoms. The number of fused-ring (bicyclic) bond motifs is 1. The number of anilines is 1. The van der Waals surface area contributed by atoms with Gasteiger partial charge in [0.05, 0.1) is 6.10 Å². The normalized spacial score (nSPS) is 26.7. The summed E-state index contributed by atoms with van der Waals surface area (Å²) in [5.41, 5.74) is 4.16. The van der Waals surface area contributed by atoms with Crippen molar-refractivity contribution in [2.75, 3.05) is 17.7 Å². The molecule has 1 unspecified atom stereocenters. The van der Waals surface area contributed by atoms with E-state index in [4.69, 9.17) is 10.5 Å². The smallest absolute Gasteiger partial charge is 0.332 e. The highest BCUT2D eigenvalue weighted by Gasteiger charge is 2.49. The summed E-state index contributed by atoms with van der Waals surface area (Å²) < 4.78 is 22.1. The SMILES string of the molecule is CCC(O)[C@H]1O[C@@H](n2c(=O)n(CCSC)c3c(=O)[nH]c(N)nc32)[C@H](O)[C@H]1F. The van der Waals surface area contributed by atoms with Gasteiger partial charge in [0.25, 0.3) is 5.56 Å². The van der Waals surface area contributed by atoms with Crippen LogP contribution in [0.1, 0.15) is 19.6 Å². The molecule has 0 spiro atoms. The molecule has 150 valence electrons. The van der Waals surface area contributed by atoms with Crippen LogP contribution in [0, 0.1) is 0 Å². The van der Waals surface area contributed by atoms with E-state index >= 15 is 0 Å². The molecule has 3 heterocycles. The maximum absolute atomic E-state index is 14.5. The van der Waals surface area contributed by atoms with Crippen molar-refractivity contribution in [1.29, 1.82) is 0 Å². The maximum Gasteiger partial charge on any atom is 0.332 e. The second-order valence-electron chi connectivity index (χ2n) is 6.32. The third kappa shape index (κ3) is 3.26. The number of halogens is 1. The monoisotopic (exact) mass is 403 g/mol. The number of aryl methyl sites for hydroxylation is 1. The van der Waals surface area contributed by atoms with Crippen LogP contribution in [0.15, 0.2) is 9.59 Å². The Morgan fingerprint density at radius 2 is 2.19 bits per heavy atom. The Kier molecular flexibility index (Phi) is 5.60. The zero-order valence-corrected chi connectivity index (χ0v) is 15.6. The van der Waals surface area contributed by atoms with Crippen LogP contribution in [-0.4, -0.2) is 65.8 Å². The Morgan fingerprint density at radius 3 is 2.81 bits per heavy atom. The lowest BCUT2D eigenvalue weighted by molar-refractivity contribution is -0.0799. The molecule has 10 nitrogen and oxygen atoms in total. The zero-order valence-electron chi connectivity index (χ0n) is 14.8. The topological polar surface area (TPSA) is 148 Å². The van der Waals surface area contributed by atoms with Crippen molar-refractivity contribution in [2.24, 2.45) is 0 Å². The third-order valence-corrected chi connectivity index (χ3v) is 5.22. The third-order valence-electron chi connectivity index (χ3n) is 4.63. The quantitative estimate of drug-likeness (QED) is 0.490. The van der Waals surface area contributed by atoms with Gasteiger partial charge in [0, 0.05) is 12.3 Å². The summed E-state index contributed by atoms with van der Waals surface area (Å²) in [6.07, 6.45) is -5.45. The minimum atomic E-state index is -1.90. The maximum atomic E-state index is 14.5. The molecule has 5 atom stereocenters. The molecule has 2 aromatic rings. The minimum Gasteiger partial charge on any atom is -0.390 e. The molecule has 1 saturated heterocycles. The summed E-state index contributed by atoms with van der Waals surface area (Å²) in [6, 6.07) is 0. The number of alkyl halides is 1. The molecule has 0 amide bonds. The fourth-order valence-corrected chi connectivity index (χ4v) is 3.60. The van der Waals surface area contributed by atoms with Crippen LogP contribution in [0.2, 0.25) is 0 Å². The van der Waals surface area contributed by atoms with Gasteiger partial charge in [-0.05, 0) is 12.7 Å². The minimum absolute atomic E-state index is 0.0334. The van der Waals surface area contributed by atoms with Gasteiger partial charge in [-0.15, -0.1) is 0 Å². The number of ether oxygens (including phenoxy) is 1. The number of rotatable bonds is 6. The summed E-state index contributed by atoms with van der Waals surface area (Å²) in [6.45, 7) is 1.85. The first kappa shape index (κ1) is 19.9. The Bertz CT molecular complexity index is 943. The number of nitrogen functional groups attached to an aromatic ring is 1. The highest BCUT2D eigenvalue weighted by atomic mass is 32.2. The molecule has 1 aliphatic rings. The lowest BCUT2D eigenvalue weighted by atomic mass is 10.1. The molecule has 0 saturated carbocycles. The predicted molar refractivity (Wildman–Crippen MR) is 98.5 cm³/mol. The van der Waals surface area contributed by atoms with Crippen LogP contribution in [0.5, 0.6) is 0 Å². The first-order chi connectivity index (χ1) is 12.8. The van der Waals surface area contributed by atoms with Gasteiger partial charge in [0.15, 0.2) is 23.6 Å². The molecule has 3 rings (SSSR count). The summed E-state index contributed by atoms with van der Waals surface area (Å²) in [4.78, 5) is 31.6. The first-order valence-electron chi connectivity index (χ1n) is 8.46. The Balaban J connectivity index is 2.18. The van der Waals surface area contributed by atoms with Crippen molar-refractivity contribution in [3.8, 4) is 0 Å². The van der Waals surface area contributed by atoms with Gasteiger partial charge >= 0.3 is 5.69 Å². The van der Waals surface area contributed by atoms with Crippen molar-refractivity contribution in [3.05, 3.63) is 20.8 Å². The van der Waals surface area contributed by atoms with E-state index < -0.39 is 42.0 Å². The number of H-pyrrole nitrogens is 1. The highest BCUT2D eigenvalue weighted by Crippen LogP contribution is 2.34. The fraction of sp³-hybridized carbons (Fsp3) is 0.667. The van der Waals surface area contributed by atoms with E-state index in [1.807, 2.05) is 6.26 Å². The second kappa shape index (κ2) is 7.62. The molecule has 2 aromatic heterocycles. The average molecular weight is 403 g/mol. The van der Waals surface area contributed by atoms with Crippen molar-refractivity contribution in [3.63, 3.8) is 0 Å². The van der Waals surface area contributed by atoms with E-state index in [-0.39, 0.29) is 30.1 Å². The van der Waals surface area contributed by atoms with E-state index in [1.54, 1.807) is 6.92 Å². The van der Waals surface area contributed by atoms with Gasteiger partial charge in [-0.1, -0.05) is 6.92 Å². The molecule has 1 aliphatic heterocycles. The predicted octanol–water partition coefficient (Wildman–Crippen LogP) is -0.801. The Hall–Kier alpha value is -1.89. The number of nitrogens with two attached hydrogens (primary N) is 1. The van der Waals surface area contributed by atoms with Crippen molar-refractivity contribution in [2.45, 2.75) is 50.6 Å². The molecule has 0 bridgehead atoms. The van der Waals surface area contributed by atoms with Crippen LogP contribution < -0.4 is 17.0 Å². The van der Waals surface area contributed by atoms with Gasteiger partial charge in [-0.2, -0.15) is 16.7 Å². The molecular formula is C15H22FN5O5S. The van der Waals surface area contributed by atoms with E-state index in [9.17, 15) is 24.2 Å². The molecule has 0 radical (unpaired) electrons. The Labute approximate surface area is 157 Å². The second-order valence-corrected chi connectivity index (χ2v) is 7.31. The number of aromatic amines is 1. The fourth-order valence-electron chi connectivity index (χ4n) is 3.24. The van der Waals surface area contributed by atoms with E-state index in [2.05, 4.69) is 9.97 Å². The van der Waals surface area contributed by atoms with Gasteiger partial charge in [0.2, 0.25) is 5.95 Å². The number of aromatic nitrogens is 4. The molecule has 0 aliphatic carbocycles. The lowest BCUT2D eigenvalue weighted by Crippen LogP contribution is -2.36. The van der Waals surface area contributed by atoms with Gasteiger partial charge in [-0.3, -0.25) is 14.3 Å². The lowest BCUT2D eigenvalue weighted by Gasteiger charge is -2.18. The molecule has 12 heteroatoms. The van der Waals surface area contributed by atoms with Crippen LogP contribution in [0.3, 0.4) is 0 Å². The summed E-state index contributed by atoms with van der Waals surface area (Å²) in [5.74, 6) is 0.317. The van der Waals surface area contributed by atoms with Gasteiger partial charge < -0.3 is 20.7 Å². The molecular weight excluding hydrogens is 381 g/mol. The van der Waals surface area contributed by atoms with Crippen LogP contribution >= 0.6 is 11.8 Å².